The molecule has 8 aromatic rings. The van der Waals surface area contributed by atoms with Gasteiger partial charge in [0.1, 0.15) is 5.01 Å². The van der Waals surface area contributed by atoms with Crippen LogP contribution < -0.4 is 0 Å². The fourth-order valence-corrected chi connectivity index (χ4v) is 7.91. The van der Waals surface area contributed by atoms with Crippen molar-refractivity contribution in [2.24, 2.45) is 0 Å². The molecule has 1 aliphatic rings. The highest BCUT2D eigenvalue weighted by Crippen LogP contribution is 2.50. The van der Waals surface area contributed by atoms with E-state index in [1.807, 2.05) is 60.7 Å². The fourth-order valence-electron chi connectivity index (χ4n) is 6.83. The van der Waals surface area contributed by atoms with Crippen molar-refractivity contribution in [3.05, 3.63) is 145 Å². The minimum absolute atomic E-state index is 0.0654. The summed E-state index contributed by atoms with van der Waals surface area (Å²) in [5.41, 5.74) is 10.2. The predicted molar refractivity (Wildman–Crippen MR) is 190 cm³/mol. The maximum Gasteiger partial charge on any atom is 0.164 e. The Morgan fingerprint density at radius 3 is 1.76 bits per heavy atom. The van der Waals surface area contributed by atoms with Crippen molar-refractivity contribution in [2.75, 3.05) is 0 Å². The molecule has 0 aliphatic heterocycles. The smallest absolute Gasteiger partial charge is 0.164 e. The molecule has 1 aliphatic carbocycles. The highest BCUT2D eigenvalue weighted by Gasteiger charge is 2.35. The van der Waals surface area contributed by atoms with Gasteiger partial charge in [0.25, 0.3) is 0 Å². The van der Waals surface area contributed by atoms with E-state index in [1.54, 1.807) is 11.3 Å². The second kappa shape index (κ2) is 10.3. The zero-order valence-corrected chi connectivity index (χ0v) is 26.2. The molecular weight excluding hydrogens is 581 g/mol. The fraction of sp³-hybridized carbons (Fsp3) is 0.0732. The lowest BCUT2D eigenvalue weighted by molar-refractivity contribution is 0.660. The van der Waals surface area contributed by atoms with Gasteiger partial charge in [0.05, 0.1) is 10.2 Å². The average Bonchev–Trinajstić information content (AvgIpc) is 3.65. The summed E-state index contributed by atoms with van der Waals surface area (Å²) in [5.74, 6) is 1.93. The first-order valence-electron chi connectivity index (χ1n) is 15.5. The molecule has 218 valence electrons. The average molecular weight is 609 g/mol. The first-order valence-corrected chi connectivity index (χ1v) is 16.3. The van der Waals surface area contributed by atoms with Gasteiger partial charge in [0, 0.05) is 33.1 Å². The Morgan fingerprint density at radius 1 is 0.457 bits per heavy atom. The maximum atomic E-state index is 5.25. The summed E-state index contributed by atoms with van der Waals surface area (Å²) in [6.07, 6.45) is 0. The van der Waals surface area contributed by atoms with Gasteiger partial charge >= 0.3 is 0 Å². The Bertz CT molecular complexity index is 2390. The summed E-state index contributed by atoms with van der Waals surface area (Å²) in [5, 5.41) is 3.26. The number of hydrogen-bond donors (Lipinski definition) is 0. The predicted octanol–water partition coefficient (Wildman–Crippen LogP) is 10.6. The number of rotatable bonds is 4. The lowest BCUT2D eigenvalue weighted by Crippen LogP contribution is -2.14. The van der Waals surface area contributed by atoms with Crippen LogP contribution in [0.2, 0.25) is 0 Å². The Balaban J connectivity index is 1.23. The highest BCUT2D eigenvalue weighted by molar-refractivity contribution is 7.22. The van der Waals surface area contributed by atoms with Crippen molar-refractivity contribution in [1.29, 1.82) is 0 Å². The molecule has 2 heterocycles. The summed E-state index contributed by atoms with van der Waals surface area (Å²) in [7, 11) is 0. The molecule has 0 spiro atoms. The van der Waals surface area contributed by atoms with Crippen LogP contribution in [0.4, 0.5) is 0 Å². The van der Waals surface area contributed by atoms with Gasteiger partial charge in [0.2, 0.25) is 0 Å². The summed E-state index contributed by atoms with van der Waals surface area (Å²) in [6.45, 7) is 4.64. The van der Waals surface area contributed by atoms with E-state index >= 15 is 0 Å². The molecule has 0 amide bonds. The maximum absolute atomic E-state index is 5.25. The van der Waals surface area contributed by atoms with Crippen molar-refractivity contribution in [1.82, 2.24) is 19.9 Å². The second-order valence-corrected chi connectivity index (χ2v) is 13.3. The van der Waals surface area contributed by atoms with Crippen LogP contribution in [0.5, 0.6) is 0 Å². The van der Waals surface area contributed by atoms with Crippen molar-refractivity contribution in [2.45, 2.75) is 19.3 Å². The van der Waals surface area contributed by atoms with Crippen molar-refractivity contribution in [3.63, 3.8) is 0 Å². The molecule has 9 rings (SSSR count). The summed E-state index contributed by atoms with van der Waals surface area (Å²) in [6, 6.07) is 46.5. The van der Waals surface area contributed by atoms with Crippen LogP contribution in [0.25, 0.3) is 76.9 Å². The van der Waals surface area contributed by atoms with Crippen LogP contribution in [-0.2, 0) is 5.41 Å². The largest absolute Gasteiger partial charge is 0.236 e. The molecule has 0 N–H and O–H groups in total. The highest BCUT2D eigenvalue weighted by atomic mass is 32.1. The van der Waals surface area contributed by atoms with E-state index in [0.717, 1.165) is 48.3 Å². The zero-order valence-electron chi connectivity index (χ0n) is 25.4. The van der Waals surface area contributed by atoms with Gasteiger partial charge in [-0.05, 0) is 39.8 Å². The molecule has 6 aromatic carbocycles. The molecule has 5 heteroatoms. The van der Waals surface area contributed by atoms with Gasteiger partial charge in [-0.25, -0.2) is 19.9 Å². The van der Waals surface area contributed by atoms with Gasteiger partial charge in [0.15, 0.2) is 17.5 Å². The third-order valence-corrected chi connectivity index (χ3v) is 10.3. The Hall–Kier alpha value is -5.52. The third-order valence-electron chi connectivity index (χ3n) is 9.17. The van der Waals surface area contributed by atoms with Gasteiger partial charge in [-0.3, -0.25) is 0 Å². The van der Waals surface area contributed by atoms with Crippen molar-refractivity contribution < 1.29 is 0 Å². The molecule has 0 fully saturated rings. The monoisotopic (exact) mass is 608 g/mol. The van der Waals surface area contributed by atoms with Crippen molar-refractivity contribution in [3.8, 4) is 55.9 Å². The van der Waals surface area contributed by atoms with Crippen LogP contribution in [0.1, 0.15) is 25.0 Å². The summed E-state index contributed by atoms with van der Waals surface area (Å²) in [4.78, 5) is 20.3. The molecule has 0 bridgehead atoms. The van der Waals surface area contributed by atoms with Crippen LogP contribution in [0.15, 0.2) is 133 Å². The summed E-state index contributed by atoms with van der Waals surface area (Å²) >= 11 is 1.75. The molecule has 0 saturated heterocycles. The molecule has 0 unspecified atom stereocenters. The van der Waals surface area contributed by atoms with Crippen molar-refractivity contribution >= 4 is 32.3 Å². The number of hydrogen-bond acceptors (Lipinski definition) is 5. The van der Waals surface area contributed by atoms with E-state index in [1.165, 1.54) is 22.3 Å². The standard InChI is InChI=1S/C41H28N4S/c1-41(2)33-20-12-11-18-29(33)30-22-21-27(23-34(30)41)40-42-35-24-32(28-17-9-10-19-31(28)36(35)46-40)39-44-37(25-13-5-3-6-14-25)43-38(45-39)26-15-7-4-8-16-26/h3-24H,1-2H3. The second-order valence-electron chi connectivity index (χ2n) is 12.3. The molecule has 0 radical (unpaired) electrons. The van der Waals surface area contributed by atoms with E-state index in [0.29, 0.717) is 17.5 Å². The van der Waals surface area contributed by atoms with Gasteiger partial charge in [-0.1, -0.05) is 135 Å². The first-order chi connectivity index (χ1) is 22.5. The lowest BCUT2D eigenvalue weighted by atomic mass is 9.82. The molecule has 2 aromatic heterocycles. The van der Waals surface area contributed by atoms with E-state index in [4.69, 9.17) is 19.9 Å². The lowest BCUT2D eigenvalue weighted by Gasteiger charge is -2.21. The number of nitrogens with zero attached hydrogens (tertiary/aromatic N) is 4. The molecular formula is C41H28N4S. The van der Waals surface area contributed by atoms with Crippen LogP contribution >= 0.6 is 11.3 Å². The van der Waals surface area contributed by atoms with E-state index < -0.39 is 0 Å². The molecule has 0 saturated carbocycles. The normalized spacial score (nSPS) is 13.2. The van der Waals surface area contributed by atoms with E-state index in [2.05, 4.69) is 86.6 Å². The molecule has 4 nitrogen and oxygen atoms in total. The van der Waals surface area contributed by atoms with Gasteiger partial charge in [-0.15, -0.1) is 11.3 Å². The van der Waals surface area contributed by atoms with Gasteiger partial charge in [-0.2, -0.15) is 0 Å². The van der Waals surface area contributed by atoms with Crippen LogP contribution in [0, 0.1) is 0 Å². The first kappa shape index (κ1) is 26.8. The third kappa shape index (κ3) is 4.20. The van der Waals surface area contributed by atoms with E-state index in [-0.39, 0.29) is 5.41 Å². The number of aromatic nitrogens is 4. The zero-order chi connectivity index (χ0) is 30.8. The Morgan fingerprint density at radius 2 is 1.04 bits per heavy atom. The van der Waals surface area contributed by atoms with E-state index in [9.17, 15) is 0 Å². The number of benzene rings is 6. The van der Waals surface area contributed by atoms with Crippen LogP contribution in [-0.4, -0.2) is 19.9 Å². The van der Waals surface area contributed by atoms with Crippen LogP contribution in [0.3, 0.4) is 0 Å². The Kier molecular flexibility index (Phi) is 5.99. The molecule has 0 atom stereocenters. The SMILES string of the molecule is CC1(C)c2ccccc2-c2ccc(-c3nc4cc(-c5nc(-c6ccccc6)nc(-c6ccccc6)n5)c5ccccc5c4s3)cc21. The van der Waals surface area contributed by atoms with Gasteiger partial charge < -0.3 is 0 Å². The number of thiazole rings is 1. The quantitative estimate of drug-likeness (QED) is 0.199. The summed E-state index contributed by atoms with van der Waals surface area (Å²) < 4.78 is 1.16. The minimum Gasteiger partial charge on any atom is -0.236 e. The minimum atomic E-state index is -0.0654. The number of fused-ring (bicyclic) bond motifs is 6. The topological polar surface area (TPSA) is 51.6 Å². The Labute approximate surface area is 271 Å². The molecule has 46 heavy (non-hydrogen) atoms.